The molecule has 8 heavy (non-hydrogen) atoms. The van der Waals surface area contributed by atoms with Crippen LogP contribution in [0.2, 0.25) is 5.02 Å². The first kappa shape index (κ1) is 5.51. The van der Waals surface area contributed by atoms with Gasteiger partial charge in [-0.05, 0) is 6.07 Å². The van der Waals surface area contributed by atoms with E-state index in [1.165, 1.54) is 0 Å². The van der Waals surface area contributed by atoms with Crippen LogP contribution in [-0.4, -0.2) is 12.1 Å². The van der Waals surface area contributed by atoms with Crippen molar-refractivity contribution in [3.8, 4) is 5.88 Å². The van der Waals surface area contributed by atoms with Gasteiger partial charge in [0, 0.05) is 6.20 Å². The van der Waals surface area contributed by atoms with E-state index in [1.807, 2.05) is 0 Å². The van der Waals surface area contributed by atoms with Crippen molar-refractivity contribution in [2.75, 3.05) is 7.11 Å². The number of aromatic amines is 1. The molecule has 1 N–H and O–H groups in total. The van der Waals surface area contributed by atoms with Crippen molar-refractivity contribution >= 4 is 11.6 Å². The van der Waals surface area contributed by atoms with Gasteiger partial charge in [-0.3, -0.25) is 0 Å². The van der Waals surface area contributed by atoms with Gasteiger partial charge in [0.25, 0.3) is 0 Å². The van der Waals surface area contributed by atoms with Gasteiger partial charge >= 0.3 is 0 Å². The molecule has 0 aromatic carbocycles. The first-order chi connectivity index (χ1) is 3.84. The van der Waals surface area contributed by atoms with Crippen molar-refractivity contribution in [2.45, 2.75) is 0 Å². The zero-order valence-corrected chi connectivity index (χ0v) is 5.20. The highest BCUT2D eigenvalue weighted by molar-refractivity contribution is 6.31. The lowest BCUT2D eigenvalue weighted by molar-refractivity contribution is 0.401. The number of hydrogen-bond donors (Lipinski definition) is 1. The summed E-state index contributed by atoms with van der Waals surface area (Å²) in [4.78, 5) is 2.80. The lowest BCUT2D eigenvalue weighted by atomic mass is 10.6. The molecule has 0 spiro atoms. The van der Waals surface area contributed by atoms with Crippen LogP contribution in [0.4, 0.5) is 0 Å². The van der Waals surface area contributed by atoms with Crippen LogP contribution in [0.1, 0.15) is 0 Å². The van der Waals surface area contributed by atoms with Crippen LogP contribution in [0.5, 0.6) is 5.88 Å². The molecule has 1 aromatic heterocycles. The average molecular weight is 132 g/mol. The van der Waals surface area contributed by atoms with Crippen molar-refractivity contribution in [3.63, 3.8) is 0 Å². The Morgan fingerprint density at radius 2 is 2.50 bits per heavy atom. The smallest absolute Gasteiger partial charge is 0.209 e. The van der Waals surface area contributed by atoms with E-state index in [0.717, 1.165) is 0 Å². The first-order valence-electron chi connectivity index (χ1n) is 2.21. The summed E-state index contributed by atoms with van der Waals surface area (Å²) in [5, 5.41) is 0.618. The van der Waals surface area contributed by atoms with E-state index in [0.29, 0.717) is 10.9 Å². The Morgan fingerprint density at radius 1 is 1.75 bits per heavy atom. The molecule has 0 bridgehead atoms. The molecule has 0 saturated heterocycles. The second-order valence-electron chi connectivity index (χ2n) is 1.36. The summed E-state index contributed by atoms with van der Waals surface area (Å²) < 4.78 is 4.80. The maximum Gasteiger partial charge on any atom is 0.209 e. The molecular formula is C5H6ClNO. The van der Waals surface area contributed by atoms with Crippen molar-refractivity contribution in [3.05, 3.63) is 17.3 Å². The molecule has 0 fully saturated rings. The fourth-order valence-corrected chi connectivity index (χ4v) is 0.686. The number of rotatable bonds is 1. The molecule has 0 atom stereocenters. The zero-order valence-electron chi connectivity index (χ0n) is 4.44. The largest absolute Gasteiger partial charge is 0.481 e. The topological polar surface area (TPSA) is 25.0 Å². The summed E-state index contributed by atoms with van der Waals surface area (Å²) in [6.45, 7) is 0. The zero-order chi connectivity index (χ0) is 5.98. The van der Waals surface area contributed by atoms with E-state index < -0.39 is 0 Å². The van der Waals surface area contributed by atoms with Crippen molar-refractivity contribution in [1.29, 1.82) is 0 Å². The molecule has 0 aliphatic carbocycles. The van der Waals surface area contributed by atoms with Crippen LogP contribution in [0.25, 0.3) is 0 Å². The highest BCUT2D eigenvalue weighted by Gasteiger charge is 1.95. The normalized spacial score (nSPS) is 9.25. The molecule has 3 heteroatoms. The Hall–Kier alpha value is -0.630. The third kappa shape index (κ3) is 0.793. The van der Waals surface area contributed by atoms with Gasteiger partial charge in [0.15, 0.2) is 0 Å². The Morgan fingerprint density at radius 3 is 2.75 bits per heavy atom. The molecule has 2 nitrogen and oxygen atoms in total. The molecule has 0 unspecified atom stereocenters. The fourth-order valence-electron chi connectivity index (χ4n) is 0.492. The quantitative estimate of drug-likeness (QED) is 0.616. The summed E-state index contributed by atoms with van der Waals surface area (Å²) in [5.41, 5.74) is 0. The van der Waals surface area contributed by atoms with Gasteiger partial charge in [0.1, 0.15) is 5.02 Å². The third-order valence-corrected chi connectivity index (χ3v) is 1.16. The average Bonchev–Trinajstić information content (AvgIpc) is 2.14. The number of aromatic nitrogens is 1. The number of hydrogen-bond acceptors (Lipinski definition) is 1. The maximum absolute atomic E-state index is 5.58. The Kier molecular flexibility index (Phi) is 1.44. The third-order valence-electron chi connectivity index (χ3n) is 0.865. The van der Waals surface area contributed by atoms with Gasteiger partial charge in [-0.15, -0.1) is 0 Å². The molecule has 0 aliphatic heterocycles. The lowest BCUT2D eigenvalue weighted by Gasteiger charge is -1.91. The highest BCUT2D eigenvalue weighted by Crippen LogP contribution is 2.19. The van der Waals surface area contributed by atoms with Crippen LogP contribution in [-0.2, 0) is 0 Å². The number of halogens is 1. The molecular weight excluding hydrogens is 126 g/mol. The van der Waals surface area contributed by atoms with Crippen LogP contribution in [0.3, 0.4) is 0 Å². The van der Waals surface area contributed by atoms with Gasteiger partial charge in [0.05, 0.1) is 7.11 Å². The van der Waals surface area contributed by atoms with Crippen molar-refractivity contribution in [1.82, 2.24) is 4.98 Å². The molecule has 0 amide bonds. The predicted octanol–water partition coefficient (Wildman–Crippen LogP) is 1.68. The highest BCUT2D eigenvalue weighted by atomic mass is 35.5. The van der Waals surface area contributed by atoms with Crippen LogP contribution in [0, 0.1) is 0 Å². The number of ether oxygens (including phenoxy) is 1. The Balaban J connectivity index is 2.92. The van der Waals surface area contributed by atoms with Gasteiger partial charge in [-0.25, -0.2) is 0 Å². The SMILES string of the molecule is COc1[nH]ccc1Cl. The summed E-state index contributed by atoms with van der Waals surface area (Å²) in [5.74, 6) is 0.617. The second-order valence-corrected chi connectivity index (χ2v) is 1.77. The summed E-state index contributed by atoms with van der Waals surface area (Å²) >= 11 is 5.58. The van der Waals surface area contributed by atoms with Crippen LogP contribution in [0.15, 0.2) is 12.3 Å². The fraction of sp³-hybridized carbons (Fsp3) is 0.200. The monoisotopic (exact) mass is 131 g/mol. The van der Waals surface area contributed by atoms with Crippen molar-refractivity contribution in [2.24, 2.45) is 0 Å². The predicted molar refractivity (Wildman–Crippen MR) is 32.4 cm³/mol. The van der Waals surface area contributed by atoms with E-state index in [9.17, 15) is 0 Å². The summed E-state index contributed by atoms with van der Waals surface area (Å²) in [7, 11) is 1.57. The lowest BCUT2D eigenvalue weighted by Crippen LogP contribution is -1.80. The molecule has 0 aliphatic rings. The van der Waals surface area contributed by atoms with E-state index in [-0.39, 0.29) is 0 Å². The summed E-state index contributed by atoms with van der Waals surface area (Å²) in [6.07, 6.45) is 1.72. The number of methoxy groups -OCH3 is 1. The van der Waals surface area contributed by atoms with E-state index >= 15 is 0 Å². The van der Waals surface area contributed by atoms with Crippen LogP contribution >= 0.6 is 11.6 Å². The second kappa shape index (κ2) is 2.09. The van der Waals surface area contributed by atoms with Crippen molar-refractivity contribution < 1.29 is 4.74 Å². The molecule has 44 valence electrons. The minimum atomic E-state index is 0.617. The standard InChI is InChI=1S/C5H6ClNO/c1-8-5-4(6)2-3-7-5/h2-3,7H,1H3. The van der Waals surface area contributed by atoms with Gasteiger partial charge in [0.2, 0.25) is 5.88 Å². The van der Waals surface area contributed by atoms with Gasteiger partial charge < -0.3 is 9.72 Å². The number of H-pyrrole nitrogens is 1. The molecule has 1 rings (SSSR count). The van der Waals surface area contributed by atoms with E-state index in [4.69, 9.17) is 16.3 Å². The molecule has 1 aromatic rings. The summed E-state index contributed by atoms with van der Waals surface area (Å²) in [6, 6.07) is 1.74. The van der Waals surface area contributed by atoms with E-state index in [1.54, 1.807) is 19.4 Å². The number of nitrogens with one attached hydrogen (secondary N) is 1. The molecule has 0 radical (unpaired) electrons. The minimum absolute atomic E-state index is 0.617. The van der Waals surface area contributed by atoms with Crippen LogP contribution < -0.4 is 4.74 Å². The minimum Gasteiger partial charge on any atom is -0.481 e. The Bertz CT molecular complexity index is 173. The Labute approximate surface area is 52.4 Å². The maximum atomic E-state index is 5.58. The van der Waals surface area contributed by atoms with Gasteiger partial charge in [-0.2, -0.15) is 0 Å². The first-order valence-corrected chi connectivity index (χ1v) is 2.59. The molecule has 1 heterocycles. The van der Waals surface area contributed by atoms with E-state index in [2.05, 4.69) is 4.98 Å². The van der Waals surface area contributed by atoms with Gasteiger partial charge in [-0.1, -0.05) is 11.6 Å². The molecule has 0 saturated carbocycles.